The molecule has 0 aliphatic rings. The molecule has 0 aliphatic carbocycles. The van der Waals surface area contributed by atoms with E-state index in [2.05, 4.69) is 0 Å². The number of rotatable bonds is 4. The summed E-state index contributed by atoms with van der Waals surface area (Å²) in [5, 5.41) is 0. The van der Waals surface area contributed by atoms with Crippen molar-refractivity contribution in [2.24, 2.45) is 0 Å². The molecule has 1 unspecified atom stereocenters. The van der Waals surface area contributed by atoms with Crippen LogP contribution >= 0.6 is 0 Å². The van der Waals surface area contributed by atoms with Gasteiger partial charge in [-0.15, -0.1) is 0 Å². The van der Waals surface area contributed by atoms with E-state index in [1.165, 1.54) is 0 Å². The maximum Gasteiger partial charge on any atom is 0.0444 e. The second-order valence-corrected chi connectivity index (χ2v) is 1.59. The normalized spacial score (nSPS) is 10.2. The summed E-state index contributed by atoms with van der Waals surface area (Å²) in [4.78, 5) is 0. The SMILES string of the molecule is CC.[CH-]=CC(CC)OCC.[Y]. The molecule has 0 rings (SSSR count). The van der Waals surface area contributed by atoms with Gasteiger partial charge in [-0.2, -0.15) is 0 Å². The van der Waals surface area contributed by atoms with Crippen molar-refractivity contribution in [2.45, 2.75) is 40.2 Å². The maximum atomic E-state index is 5.22. The molecule has 0 aliphatic heterocycles. The van der Waals surface area contributed by atoms with Gasteiger partial charge in [-0.1, -0.05) is 20.8 Å². The summed E-state index contributed by atoms with van der Waals surface area (Å²) in [6.07, 6.45) is 2.70. The molecule has 0 amide bonds. The largest absolute Gasteiger partial charge is 0.515 e. The first kappa shape index (κ1) is 17.8. The van der Waals surface area contributed by atoms with E-state index in [1.807, 2.05) is 27.7 Å². The van der Waals surface area contributed by atoms with Crippen molar-refractivity contribution in [3.05, 3.63) is 12.7 Å². The van der Waals surface area contributed by atoms with Gasteiger partial charge in [-0.3, -0.25) is 0 Å². The Labute approximate surface area is 96.5 Å². The van der Waals surface area contributed by atoms with E-state index in [0.29, 0.717) is 0 Å². The Morgan fingerprint density at radius 1 is 1.36 bits per heavy atom. The van der Waals surface area contributed by atoms with Crippen LogP contribution in [0.4, 0.5) is 0 Å². The third kappa shape index (κ3) is 13.8. The molecule has 1 atom stereocenters. The van der Waals surface area contributed by atoms with E-state index in [1.54, 1.807) is 6.08 Å². The van der Waals surface area contributed by atoms with Gasteiger partial charge in [0, 0.05) is 45.4 Å². The van der Waals surface area contributed by atoms with Crippen molar-refractivity contribution in [1.29, 1.82) is 0 Å². The van der Waals surface area contributed by atoms with Crippen molar-refractivity contribution < 1.29 is 37.4 Å². The van der Waals surface area contributed by atoms with Crippen molar-refractivity contribution in [2.75, 3.05) is 6.61 Å². The van der Waals surface area contributed by atoms with Crippen LogP contribution in [0.3, 0.4) is 0 Å². The molecule has 0 aromatic heterocycles. The summed E-state index contributed by atoms with van der Waals surface area (Å²) in [6, 6.07) is 0. The minimum absolute atomic E-state index is 0. The standard InChI is InChI=1S/C7H13O.C2H6.Y/c1-4-7(5-2)8-6-3;1-2;/h1,4,7H,5-6H2,2-3H3;1-2H3;/q-1;;. The molecule has 11 heavy (non-hydrogen) atoms. The molecule has 0 saturated carbocycles. The van der Waals surface area contributed by atoms with Crippen LogP contribution in [0.5, 0.6) is 0 Å². The van der Waals surface area contributed by atoms with Gasteiger partial charge in [0.1, 0.15) is 0 Å². The van der Waals surface area contributed by atoms with Crippen LogP contribution < -0.4 is 0 Å². The smallest absolute Gasteiger partial charge is 0.0444 e. The Morgan fingerprint density at radius 2 is 1.82 bits per heavy atom. The second kappa shape index (κ2) is 17.1. The molecule has 1 radical (unpaired) electrons. The van der Waals surface area contributed by atoms with Gasteiger partial charge >= 0.3 is 0 Å². The van der Waals surface area contributed by atoms with Crippen LogP contribution in [0.25, 0.3) is 0 Å². The summed E-state index contributed by atoms with van der Waals surface area (Å²) >= 11 is 0. The summed E-state index contributed by atoms with van der Waals surface area (Å²) in [7, 11) is 0. The van der Waals surface area contributed by atoms with E-state index < -0.39 is 0 Å². The molecular weight excluding hydrogens is 213 g/mol. The van der Waals surface area contributed by atoms with Gasteiger partial charge < -0.3 is 11.3 Å². The molecule has 0 bridgehead atoms. The molecule has 1 nitrogen and oxygen atoms in total. The molecule has 0 aromatic carbocycles. The Kier molecular flexibility index (Phi) is 27.6. The summed E-state index contributed by atoms with van der Waals surface area (Å²) in [5.74, 6) is 0. The van der Waals surface area contributed by atoms with Crippen molar-refractivity contribution in [1.82, 2.24) is 0 Å². The van der Waals surface area contributed by atoms with E-state index in [0.717, 1.165) is 13.0 Å². The van der Waals surface area contributed by atoms with Gasteiger partial charge in [0.15, 0.2) is 0 Å². The van der Waals surface area contributed by atoms with Crippen molar-refractivity contribution in [3.8, 4) is 0 Å². The quantitative estimate of drug-likeness (QED) is 0.677. The van der Waals surface area contributed by atoms with Crippen LogP contribution in [0, 0.1) is 6.58 Å². The van der Waals surface area contributed by atoms with Gasteiger partial charge in [-0.25, -0.2) is 6.08 Å². The van der Waals surface area contributed by atoms with E-state index in [9.17, 15) is 0 Å². The summed E-state index contributed by atoms with van der Waals surface area (Å²) in [6.45, 7) is 14.0. The van der Waals surface area contributed by atoms with Gasteiger partial charge in [0.2, 0.25) is 0 Å². The van der Waals surface area contributed by atoms with Crippen LogP contribution in [0.1, 0.15) is 34.1 Å². The third-order valence-corrected chi connectivity index (χ3v) is 0.998. The Bertz CT molecular complexity index is 64.6. The summed E-state index contributed by atoms with van der Waals surface area (Å²) in [5.41, 5.74) is 0. The van der Waals surface area contributed by atoms with E-state index >= 15 is 0 Å². The maximum absolute atomic E-state index is 5.22. The zero-order valence-corrected chi connectivity index (χ0v) is 11.0. The van der Waals surface area contributed by atoms with Crippen LogP contribution in [-0.2, 0) is 37.4 Å². The molecule has 0 spiro atoms. The van der Waals surface area contributed by atoms with Crippen LogP contribution in [0.15, 0.2) is 6.08 Å². The molecule has 0 fully saturated rings. The van der Waals surface area contributed by atoms with Crippen molar-refractivity contribution >= 4 is 0 Å². The topological polar surface area (TPSA) is 9.23 Å². The first-order chi connectivity index (χ1) is 4.85. The Morgan fingerprint density at radius 3 is 1.91 bits per heavy atom. The number of ether oxygens (including phenoxy) is 1. The first-order valence-corrected chi connectivity index (χ1v) is 4.01. The molecule has 65 valence electrons. The fraction of sp³-hybridized carbons (Fsp3) is 0.778. The van der Waals surface area contributed by atoms with Gasteiger partial charge in [-0.05, 0) is 13.3 Å². The molecule has 2 heteroatoms. The fourth-order valence-electron chi connectivity index (χ4n) is 0.524. The first-order valence-electron chi connectivity index (χ1n) is 4.01. The molecule has 0 aromatic rings. The number of hydrogen-bond donors (Lipinski definition) is 0. The fourth-order valence-corrected chi connectivity index (χ4v) is 0.524. The average molecular weight is 232 g/mol. The van der Waals surface area contributed by atoms with Crippen LogP contribution in [0.2, 0.25) is 0 Å². The zero-order chi connectivity index (χ0) is 8.41. The van der Waals surface area contributed by atoms with Crippen molar-refractivity contribution in [3.63, 3.8) is 0 Å². The average Bonchev–Trinajstić information content (AvgIpc) is 2.04. The monoisotopic (exact) mass is 232 g/mol. The van der Waals surface area contributed by atoms with Gasteiger partial charge in [0.05, 0.1) is 0 Å². The minimum atomic E-state index is 0. The zero-order valence-electron chi connectivity index (χ0n) is 8.13. The summed E-state index contributed by atoms with van der Waals surface area (Å²) < 4.78 is 5.16. The molecule has 0 heterocycles. The minimum Gasteiger partial charge on any atom is -0.515 e. The Hall–Kier alpha value is 0.804. The van der Waals surface area contributed by atoms with Crippen LogP contribution in [-0.4, -0.2) is 12.7 Å². The molecular formula is C9H19OY-. The third-order valence-electron chi connectivity index (χ3n) is 0.998. The van der Waals surface area contributed by atoms with E-state index in [-0.39, 0.29) is 38.8 Å². The number of hydrogen-bond acceptors (Lipinski definition) is 1. The predicted molar refractivity (Wildman–Crippen MR) is 45.9 cm³/mol. The molecule has 0 N–H and O–H groups in total. The predicted octanol–water partition coefficient (Wildman–Crippen LogP) is 2.81. The van der Waals surface area contributed by atoms with E-state index in [4.69, 9.17) is 11.3 Å². The molecule has 0 saturated heterocycles. The van der Waals surface area contributed by atoms with Gasteiger partial charge in [0.25, 0.3) is 0 Å². The Balaban J connectivity index is -0.000000196. The second-order valence-electron chi connectivity index (χ2n) is 1.59.